The van der Waals surface area contributed by atoms with E-state index in [1.807, 2.05) is 36.5 Å². The molecule has 0 radical (unpaired) electrons. The van der Waals surface area contributed by atoms with Crippen LogP contribution in [0.2, 0.25) is 0 Å². The van der Waals surface area contributed by atoms with Crippen LogP contribution in [0.15, 0.2) is 126 Å². The first-order valence-corrected chi connectivity index (χ1v) is 13.3. The largest absolute Gasteiger partial charge is 0.452 e. The third kappa shape index (κ3) is 2.94. The summed E-state index contributed by atoms with van der Waals surface area (Å²) >= 11 is 0. The number of aromatic nitrogens is 3. The fourth-order valence-electron chi connectivity index (χ4n) is 6.08. The first kappa shape index (κ1) is 21.4. The third-order valence-corrected chi connectivity index (χ3v) is 7.86. The third-order valence-electron chi connectivity index (χ3n) is 7.86. The Morgan fingerprint density at radius 1 is 0.625 bits per heavy atom. The molecular weight excluding hydrogens is 492 g/mol. The van der Waals surface area contributed by atoms with Crippen molar-refractivity contribution in [1.82, 2.24) is 15.0 Å². The molecule has 0 spiro atoms. The van der Waals surface area contributed by atoms with Gasteiger partial charge in [0.1, 0.15) is 16.8 Å². The Morgan fingerprint density at radius 2 is 1.43 bits per heavy atom. The second kappa shape index (κ2) is 7.98. The number of pyridine rings is 1. The minimum absolute atomic E-state index is 0.594. The average molecular weight is 513 g/mol. The summed E-state index contributed by atoms with van der Waals surface area (Å²) in [4.78, 5) is 17.0. The van der Waals surface area contributed by atoms with Crippen LogP contribution in [0.4, 0.5) is 17.3 Å². The van der Waals surface area contributed by atoms with E-state index < -0.39 is 0 Å². The summed E-state index contributed by atoms with van der Waals surface area (Å²) in [6.45, 7) is 0. The topological polar surface area (TPSA) is 55.1 Å². The minimum Gasteiger partial charge on any atom is -0.452 e. The van der Waals surface area contributed by atoms with Gasteiger partial charge in [-0.15, -0.1) is 0 Å². The standard InChI is InChI=1S/C35H20N4O/c1-2-9-23-19-29-27(18-22(23)8-1)25-14-5-10-21-11-6-15-28(31(21)25)39(29)35-37-32(24-12-7-17-36-20-24)34-33(38-35)26-13-3-4-16-30(26)40-34/h1-20H. The summed E-state index contributed by atoms with van der Waals surface area (Å²) in [6, 6.07) is 37.9. The molecule has 0 saturated heterocycles. The molecule has 9 rings (SSSR count). The molecule has 0 atom stereocenters. The van der Waals surface area contributed by atoms with Gasteiger partial charge in [-0.05, 0) is 64.2 Å². The Kier molecular flexibility index (Phi) is 4.27. The Labute approximate surface area is 229 Å². The van der Waals surface area contributed by atoms with Gasteiger partial charge in [0, 0.05) is 34.3 Å². The summed E-state index contributed by atoms with van der Waals surface area (Å²) in [5.74, 6) is 0.594. The van der Waals surface area contributed by atoms with Crippen molar-refractivity contribution in [1.29, 1.82) is 0 Å². The van der Waals surface area contributed by atoms with E-state index in [0.717, 1.165) is 44.7 Å². The second-order valence-electron chi connectivity index (χ2n) is 10.1. The lowest BCUT2D eigenvalue weighted by Crippen LogP contribution is -2.18. The average Bonchev–Trinajstić information content (AvgIpc) is 3.39. The van der Waals surface area contributed by atoms with Gasteiger partial charge in [0.15, 0.2) is 5.58 Å². The summed E-state index contributed by atoms with van der Waals surface area (Å²) in [5.41, 5.74) is 8.31. The summed E-state index contributed by atoms with van der Waals surface area (Å²) in [7, 11) is 0. The first-order valence-electron chi connectivity index (χ1n) is 13.3. The molecule has 186 valence electrons. The molecule has 1 aliphatic heterocycles. The van der Waals surface area contributed by atoms with Crippen LogP contribution in [-0.2, 0) is 0 Å². The molecule has 5 heteroatoms. The molecule has 40 heavy (non-hydrogen) atoms. The maximum absolute atomic E-state index is 6.35. The molecule has 0 N–H and O–H groups in total. The van der Waals surface area contributed by atoms with Gasteiger partial charge < -0.3 is 4.42 Å². The quantitative estimate of drug-likeness (QED) is 0.231. The zero-order valence-corrected chi connectivity index (χ0v) is 21.2. The van der Waals surface area contributed by atoms with E-state index in [2.05, 4.69) is 88.7 Å². The van der Waals surface area contributed by atoms with Gasteiger partial charge in [0.2, 0.25) is 5.95 Å². The smallest absolute Gasteiger partial charge is 0.236 e. The van der Waals surface area contributed by atoms with Crippen molar-refractivity contribution in [3.8, 4) is 22.4 Å². The number of nitrogens with zero attached hydrogens (tertiary/aromatic N) is 4. The first-order chi connectivity index (χ1) is 19.8. The monoisotopic (exact) mass is 512 g/mol. The van der Waals surface area contributed by atoms with E-state index >= 15 is 0 Å². The molecule has 0 unspecified atom stereocenters. The van der Waals surface area contributed by atoms with Crippen LogP contribution >= 0.6 is 0 Å². The minimum atomic E-state index is 0.594. The fourth-order valence-corrected chi connectivity index (χ4v) is 6.08. The lowest BCUT2D eigenvalue weighted by molar-refractivity contribution is 0.667. The van der Waals surface area contributed by atoms with Gasteiger partial charge in [-0.25, -0.2) is 9.97 Å². The number of hydrogen-bond acceptors (Lipinski definition) is 5. The van der Waals surface area contributed by atoms with Crippen molar-refractivity contribution in [3.63, 3.8) is 0 Å². The van der Waals surface area contributed by atoms with E-state index in [1.54, 1.807) is 6.20 Å². The Balaban J connectivity index is 1.43. The number of furan rings is 1. The normalized spacial score (nSPS) is 12.4. The van der Waals surface area contributed by atoms with Crippen LogP contribution in [0.1, 0.15) is 0 Å². The van der Waals surface area contributed by atoms with Crippen LogP contribution in [0.5, 0.6) is 0 Å². The molecule has 0 aliphatic carbocycles. The van der Waals surface area contributed by atoms with Crippen LogP contribution in [0.3, 0.4) is 0 Å². The molecular formula is C35H20N4O. The van der Waals surface area contributed by atoms with Gasteiger partial charge in [0.25, 0.3) is 0 Å². The molecule has 0 amide bonds. The van der Waals surface area contributed by atoms with Crippen molar-refractivity contribution < 1.29 is 4.42 Å². The molecule has 5 nitrogen and oxygen atoms in total. The zero-order valence-electron chi connectivity index (χ0n) is 21.2. The highest BCUT2D eigenvalue weighted by Gasteiger charge is 2.29. The Hall–Kier alpha value is -5.55. The van der Waals surface area contributed by atoms with Crippen LogP contribution < -0.4 is 4.90 Å². The lowest BCUT2D eigenvalue weighted by Gasteiger charge is -2.32. The van der Waals surface area contributed by atoms with E-state index in [-0.39, 0.29) is 0 Å². The molecule has 0 fully saturated rings. The van der Waals surface area contributed by atoms with E-state index in [9.17, 15) is 0 Å². The van der Waals surface area contributed by atoms with Crippen molar-refractivity contribution in [2.45, 2.75) is 0 Å². The van der Waals surface area contributed by atoms with Gasteiger partial charge in [0.05, 0.1) is 11.4 Å². The maximum Gasteiger partial charge on any atom is 0.236 e. The fraction of sp³-hybridized carbons (Fsp3) is 0. The highest BCUT2D eigenvalue weighted by Crippen LogP contribution is 2.51. The number of para-hydroxylation sites is 1. The van der Waals surface area contributed by atoms with E-state index in [1.165, 1.54) is 27.1 Å². The van der Waals surface area contributed by atoms with E-state index in [0.29, 0.717) is 11.5 Å². The number of hydrogen-bond donors (Lipinski definition) is 0. The Bertz CT molecular complexity index is 2280. The molecule has 0 bridgehead atoms. The molecule has 5 aromatic carbocycles. The van der Waals surface area contributed by atoms with Gasteiger partial charge >= 0.3 is 0 Å². The van der Waals surface area contributed by atoms with Gasteiger partial charge in [-0.1, -0.05) is 66.7 Å². The number of benzene rings is 5. The van der Waals surface area contributed by atoms with Crippen LogP contribution in [-0.4, -0.2) is 15.0 Å². The number of anilines is 3. The van der Waals surface area contributed by atoms with Crippen LogP contribution in [0, 0.1) is 0 Å². The van der Waals surface area contributed by atoms with Crippen molar-refractivity contribution in [3.05, 3.63) is 122 Å². The Morgan fingerprint density at radius 3 is 2.30 bits per heavy atom. The molecule has 8 aromatic rings. The lowest BCUT2D eigenvalue weighted by atomic mass is 9.90. The molecule has 3 aromatic heterocycles. The van der Waals surface area contributed by atoms with Crippen molar-refractivity contribution >= 4 is 60.9 Å². The van der Waals surface area contributed by atoms with Crippen molar-refractivity contribution in [2.75, 3.05) is 4.90 Å². The predicted molar refractivity (Wildman–Crippen MR) is 161 cm³/mol. The predicted octanol–water partition coefficient (Wildman–Crippen LogP) is 9.19. The summed E-state index contributed by atoms with van der Waals surface area (Å²) in [5, 5.41) is 5.70. The number of fused-ring (bicyclic) bond motifs is 6. The number of rotatable bonds is 2. The summed E-state index contributed by atoms with van der Waals surface area (Å²) in [6.07, 6.45) is 3.59. The maximum atomic E-state index is 6.35. The highest BCUT2D eigenvalue weighted by molar-refractivity contribution is 6.16. The van der Waals surface area contributed by atoms with Gasteiger partial charge in [-0.3, -0.25) is 9.88 Å². The zero-order chi connectivity index (χ0) is 26.2. The molecule has 4 heterocycles. The molecule has 0 saturated carbocycles. The SMILES string of the molecule is c1cncc(-c2nc(N3c4cc5ccccc5cc4-c4cccc5cccc3c45)nc3c2oc2ccccc23)c1. The van der Waals surface area contributed by atoms with E-state index in [4.69, 9.17) is 14.4 Å². The highest BCUT2D eigenvalue weighted by atomic mass is 16.3. The van der Waals surface area contributed by atoms with Gasteiger partial charge in [-0.2, -0.15) is 0 Å². The second-order valence-corrected chi connectivity index (χ2v) is 10.1. The van der Waals surface area contributed by atoms with Crippen LogP contribution in [0.25, 0.3) is 66.0 Å². The molecule has 1 aliphatic rings. The van der Waals surface area contributed by atoms with Crippen molar-refractivity contribution in [2.24, 2.45) is 0 Å². The summed E-state index contributed by atoms with van der Waals surface area (Å²) < 4.78 is 6.35.